The van der Waals surface area contributed by atoms with Gasteiger partial charge >= 0.3 is 0 Å². The molecule has 29 heavy (non-hydrogen) atoms. The maximum absolute atomic E-state index is 5.68. The third-order valence-electron chi connectivity index (χ3n) is 5.07. The predicted molar refractivity (Wildman–Crippen MR) is 109 cm³/mol. The van der Waals surface area contributed by atoms with Crippen molar-refractivity contribution in [3.63, 3.8) is 0 Å². The summed E-state index contributed by atoms with van der Waals surface area (Å²) in [5.41, 5.74) is 2.88. The molecule has 146 valence electrons. The van der Waals surface area contributed by atoms with E-state index in [4.69, 9.17) is 8.94 Å². The van der Waals surface area contributed by atoms with Crippen LogP contribution in [0.2, 0.25) is 0 Å². The van der Waals surface area contributed by atoms with Crippen LogP contribution in [0.15, 0.2) is 75.9 Å². The number of benzene rings is 2. The summed E-state index contributed by atoms with van der Waals surface area (Å²) in [7, 11) is 0. The van der Waals surface area contributed by atoms with Crippen molar-refractivity contribution in [1.82, 2.24) is 20.0 Å². The lowest BCUT2D eigenvalue weighted by molar-refractivity contribution is 0.225. The summed E-state index contributed by atoms with van der Waals surface area (Å²) < 4.78 is 11.1. The van der Waals surface area contributed by atoms with Gasteiger partial charge in [-0.2, -0.15) is 4.98 Å². The predicted octanol–water partition coefficient (Wildman–Crippen LogP) is 3.71. The first kappa shape index (κ1) is 17.6. The van der Waals surface area contributed by atoms with Crippen molar-refractivity contribution < 1.29 is 8.94 Å². The highest BCUT2D eigenvalue weighted by molar-refractivity contribution is 5.57. The molecule has 0 spiro atoms. The van der Waals surface area contributed by atoms with Crippen LogP contribution in [0.25, 0.3) is 22.7 Å². The van der Waals surface area contributed by atoms with Crippen molar-refractivity contribution in [2.75, 3.05) is 31.1 Å². The zero-order valence-corrected chi connectivity index (χ0v) is 15.9. The molecule has 7 nitrogen and oxygen atoms in total. The summed E-state index contributed by atoms with van der Waals surface area (Å²) in [6.07, 6.45) is 1.73. The van der Waals surface area contributed by atoms with Gasteiger partial charge in [-0.05, 0) is 17.3 Å². The van der Waals surface area contributed by atoms with E-state index in [1.165, 1.54) is 0 Å². The summed E-state index contributed by atoms with van der Waals surface area (Å²) in [6.45, 7) is 4.14. The maximum Gasteiger partial charge on any atom is 0.266 e. The van der Waals surface area contributed by atoms with Gasteiger partial charge in [0.2, 0.25) is 5.89 Å². The minimum absolute atomic E-state index is 0.552. The Kier molecular flexibility index (Phi) is 4.80. The topological polar surface area (TPSA) is 71.4 Å². The van der Waals surface area contributed by atoms with E-state index >= 15 is 0 Å². The molecule has 1 aliphatic heterocycles. The van der Waals surface area contributed by atoms with Crippen LogP contribution in [0.5, 0.6) is 0 Å². The molecule has 0 unspecified atom stereocenters. The number of hydrogen-bond donors (Lipinski definition) is 0. The molecule has 0 aliphatic carbocycles. The van der Waals surface area contributed by atoms with Crippen LogP contribution in [0.1, 0.15) is 5.89 Å². The average molecular weight is 387 g/mol. The van der Waals surface area contributed by atoms with Crippen LogP contribution in [-0.2, 0) is 6.54 Å². The minimum Gasteiger partial charge on any atom is -0.447 e. The van der Waals surface area contributed by atoms with Gasteiger partial charge in [-0.25, -0.2) is 4.98 Å². The van der Waals surface area contributed by atoms with Gasteiger partial charge in [0.05, 0.1) is 6.54 Å². The molecule has 2 aromatic heterocycles. The standard InChI is InChI=1S/C22H21N5O2/c1-3-7-17(8-4-1)19-16-28-20(23-19)15-26-11-13-27(14-12-26)22-24-21(29-25-22)18-9-5-2-6-10-18/h1-10,16H,11-15H2. The smallest absolute Gasteiger partial charge is 0.266 e. The van der Waals surface area contributed by atoms with Crippen LogP contribution in [0.4, 0.5) is 5.95 Å². The first-order valence-corrected chi connectivity index (χ1v) is 9.71. The fraction of sp³-hybridized carbons (Fsp3) is 0.227. The molecular weight excluding hydrogens is 366 g/mol. The lowest BCUT2D eigenvalue weighted by atomic mass is 10.2. The van der Waals surface area contributed by atoms with E-state index in [1.54, 1.807) is 6.26 Å². The fourth-order valence-corrected chi connectivity index (χ4v) is 3.46. The summed E-state index contributed by atoms with van der Waals surface area (Å²) in [6, 6.07) is 19.9. The van der Waals surface area contributed by atoms with E-state index < -0.39 is 0 Å². The zero-order chi connectivity index (χ0) is 19.5. The Labute approximate surface area is 168 Å². The summed E-state index contributed by atoms with van der Waals surface area (Å²) >= 11 is 0. The Morgan fingerprint density at radius 1 is 0.793 bits per heavy atom. The Morgan fingerprint density at radius 3 is 2.21 bits per heavy atom. The van der Waals surface area contributed by atoms with Gasteiger partial charge < -0.3 is 13.8 Å². The van der Waals surface area contributed by atoms with Gasteiger partial charge in [0.25, 0.3) is 11.8 Å². The fourth-order valence-electron chi connectivity index (χ4n) is 3.46. The van der Waals surface area contributed by atoms with Gasteiger partial charge in [0.15, 0.2) is 0 Å². The highest BCUT2D eigenvalue weighted by atomic mass is 16.5. The third kappa shape index (κ3) is 3.90. The Bertz CT molecular complexity index is 1050. The van der Waals surface area contributed by atoms with E-state index in [0.29, 0.717) is 18.4 Å². The molecule has 7 heteroatoms. The normalized spacial score (nSPS) is 15.0. The molecule has 0 bridgehead atoms. The highest BCUT2D eigenvalue weighted by Gasteiger charge is 2.22. The average Bonchev–Trinajstić information content (AvgIpc) is 3.46. The SMILES string of the molecule is c1ccc(-c2coc(CN3CCN(c4noc(-c5ccccc5)n4)CC3)n2)cc1. The number of oxazole rings is 1. The Morgan fingerprint density at radius 2 is 1.48 bits per heavy atom. The number of hydrogen-bond acceptors (Lipinski definition) is 7. The number of piperazine rings is 1. The second-order valence-electron chi connectivity index (χ2n) is 7.02. The lowest BCUT2D eigenvalue weighted by Gasteiger charge is -2.32. The minimum atomic E-state index is 0.552. The van der Waals surface area contributed by atoms with Crippen LogP contribution in [-0.4, -0.2) is 46.2 Å². The van der Waals surface area contributed by atoms with Crippen LogP contribution in [0.3, 0.4) is 0 Å². The van der Waals surface area contributed by atoms with E-state index in [2.05, 4.69) is 24.9 Å². The summed E-state index contributed by atoms with van der Waals surface area (Å²) in [4.78, 5) is 13.7. The second-order valence-corrected chi connectivity index (χ2v) is 7.02. The molecule has 2 aromatic carbocycles. The molecule has 5 rings (SSSR count). The number of anilines is 1. The van der Waals surface area contributed by atoms with Crippen molar-refractivity contribution in [3.8, 4) is 22.7 Å². The molecule has 1 aliphatic rings. The lowest BCUT2D eigenvalue weighted by Crippen LogP contribution is -2.46. The van der Waals surface area contributed by atoms with Crippen LogP contribution < -0.4 is 4.90 Å². The van der Waals surface area contributed by atoms with Gasteiger partial charge in [0, 0.05) is 37.3 Å². The van der Waals surface area contributed by atoms with E-state index in [1.807, 2.05) is 60.7 Å². The van der Waals surface area contributed by atoms with E-state index in [0.717, 1.165) is 48.9 Å². The second kappa shape index (κ2) is 7.89. The molecule has 0 amide bonds. The Hall–Kier alpha value is -3.45. The largest absolute Gasteiger partial charge is 0.447 e. The quantitative estimate of drug-likeness (QED) is 0.517. The molecular formula is C22H21N5O2. The van der Waals surface area contributed by atoms with Gasteiger partial charge in [-0.3, -0.25) is 4.90 Å². The monoisotopic (exact) mass is 387 g/mol. The molecule has 1 fully saturated rings. The highest BCUT2D eigenvalue weighted by Crippen LogP contribution is 2.22. The van der Waals surface area contributed by atoms with Gasteiger partial charge in [0.1, 0.15) is 12.0 Å². The summed E-state index contributed by atoms with van der Waals surface area (Å²) in [5.74, 6) is 1.94. The van der Waals surface area contributed by atoms with Crippen molar-refractivity contribution in [3.05, 3.63) is 72.8 Å². The molecule has 0 N–H and O–H groups in total. The molecule has 1 saturated heterocycles. The molecule has 0 atom stereocenters. The van der Waals surface area contributed by atoms with Gasteiger partial charge in [-0.1, -0.05) is 48.5 Å². The zero-order valence-electron chi connectivity index (χ0n) is 15.9. The van der Waals surface area contributed by atoms with Crippen molar-refractivity contribution in [1.29, 1.82) is 0 Å². The number of aromatic nitrogens is 3. The molecule has 0 radical (unpaired) electrons. The van der Waals surface area contributed by atoms with E-state index in [-0.39, 0.29) is 0 Å². The number of rotatable bonds is 5. The van der Waals surface area contributed by atoms with Crippen LogP contribution in [0, 0.1) is 0 Å². The van der Waals surface area contributed by atoms with Crippen molar-refractivity contribution >= 4 is 5.95 Å². The maximum atomic E-state index is 5.68. The van der Waals surface area contributed by atoms with Crippen molar-refractivity contribution in [2.24, 2.45) is 0 Å². The Balaban J connectivity index is 1.18. The van der Waals surface area contributed by atoms with Gasteiger partial charge in [-0.15, -0.1) is 0 Å². The molecule has 3 heterocycles. The first-order chi connectivity index (χ1) is 14.3. The first-order valence-electron chi connectivity index (χ1n) is 9.71. The van der Waals surface area contributed by atoms with Crippen molar-refractivity contribution in [2.45, 2.75) is 6.54 Å². The molecule has 0 saturated carbocycles. The number of nitrogens with zero attached hydrogens (tertiary/aromatic N) is 5. The third-order valence-corrected chi connectivity index (χ3v) is 5.07. The molecule has 4 aromatic rings. The summed E-state index contributed by atoms with van der Waals surface area (Å²) in [5, 5.41) is 4.15. The van der Waals surface area contributed by atoms with Crippen LogP contribution >= 0.6 is 0 Å². The van der Waals surface area contributed by atoms with E-state index in [9.17, 15) is 0 Å².